The van der Waals surface area contributed by atoms with Crippen LogP contribution in [0.2, 0.25) is 0 Å². The highest BCUT2D eigenvalue weighted by Crippen LogP contribution is 2.19. The second-order valence-electron chi connectivity index (χ2n) is 4.42. The maximum absolute atomic E-state index is 13.4. The van der Waals surface area contributed by atoms with Gasteiger partial charge in [0.05, 0.1) is 11.8 Å². The second-order valence-corrected chi connectivity index (χ2v) is 5.34. The fourth-order valence-corrected chi connectivity index (χ4v) is 2.23. The summed E-state index contributed by atoms with van der Waals surface area (Å²) in [7, 11) is 0. The van der Waals surface area contributed by atoms with E-state index in [1.807, 2.05) is 0 Å². The zero-order chi connectivity index (χ0) is 14.5. The normalized spacial score (nSPS) is 17.8. The van der Waals surface area contributed by atoms with Gasteiger partial charge in [-0.05, 0) is 31.0 Å². The Morgan fingerprint density at radius 3 is 2.90 bits per heavy atom. The van der Waals surface area contributed by atoms with Crippen LogP contribution in [0.3, 0.4) is 0 Å². The van der Waals surface area contributed by atoms with Gasteiger partial charge in [-0.15, -0.1) is 0 Å². The number of nitrogens with one attached hydrogen (secondary N) is 2. The van der Waals surface area contributed by atoms with Gasteiger partial charge in [0.15, 0.2) is 0 Å². The Kier molecular flexibility index (Phi) is 5.08. The van der Waals surface area contributed by atoms with Crippen LogP contribution in [0, 0.1) is 5.82 Å². The monoisotopic (exact) mass is 344 g/mol. The Balaban J connectivity index is 1.87. The largest absolute Gasteiger partial charge is 0.376 e. The smallest absolute Gasteiger partial charge is 0.313 e. The highest BCUT2D eigenvalue weighted by Gasteiger charge is 2.20. The molecule has 0 radical (unpaired) electrons. The molecule has 1 aromatic carbocycles. The van der Waals surface area contributed by atoms with Crippen LogP contribution in [0.5, 0.6) is 0 Å². The van der Waals surface area contributed by atoms with Crippen molar-refractivity contribution in [3.8, 4) is 0 Å². The van der Waals surface area contributed by atoms with Gasteiger partial charge in [0.1, 0.15) is 5.82 Å². The Bertz CT molecular complexity index is 518. The van der Waals surface area contributed by atoms with Gasteiger partial charge < -0.3 is 15.4 Å². The lowest BCUT2D eigenvalue weighted by molar-refractivity contribution is -0.136. The van der Waals surface area contributed by atoms with E-state index in [0.717, 1.165) is 12.8 Å². The van der Waals surface area contributed by atoms with E-state index in [1.165, 1.54) is 18.2 Å². The van der Waals surface area contributed by atoms with E-state index in [4.69, 9.17) is 4.74 Å². The lowest BCUT2D eigenvalue weighted by Crippen LogP contribution is -2.39. The van der Waals surface area contributed by atoms with E-state index in [-0.39, 0.29) is 18.3 Å². The first-order valence-corrected chi connectivity index (χ1v) is 7.01. The third kappa shape index (κ3) is 4.01. The molecule has 20 heavy (non-hydrogen) atoms. The minimum atomic E-state index is -0.903. The molecule has 2 rings (SSSR count). The van der Waals surface area contributed by atoms with E-state index in [9.17, 15) is 14.0 Å². The van der Waals surface area contributed by atoms with Gasteiger partial charge in [-0.25, -0.2) is 4.39 Å². The quantitative estimate of drug-likeness (QED) is 0.822. The molecule has 1 saturated heterocycles. The van der Waals surface area contributed by atoms with Crippen LogP contribution in [0.1, 0.15) is 12.8 Å². The van der Waals surface area contributed by atoms with Crippen LogP contribution in [-0.4, -0.2) is 31.1 Å². The number of amides is 2. The molecule has 7 heteroatoms. The molecule has 0 aromatic heterocycles. The fourth-order valence-electron chi connectivity index (χ4n) is 1.86. The van der Waals surface area contributed by atoms with Crippen molar-refractivity contribution >= 4 is 33.4 Å². The van der Waals surface area contributed by atoms with Gasteiger partial charge in [0.25, 0.3) is 0 Å². The molecule has 1 aliphatic rings. The number of halogens is 2. The summed E-state index contributed by atoms with van der Waals surface area (Å²) in [5.74, 6) is -2.31. The zero-order valence-corrected chi connectivity index (χ0v) is 12.2. The molecular weight excluding hydrogens is 331 g/mol. The molecule has 1 atom stereocenters. The highest BCUT2D eigenvalue weighted by atomic mass is 79.9. The van der Waals surface area contributed by atoms with E-state index in [1.54, 1.807) is 0 Å². The van der Waals surface area contributed by atoms with Gasteiger partial charge in [-0.2, -0.15) is 0 Å². The van der Waals surface area contributed by atoms with Gasteiger partial charge in [0, 0.05) is 17.6 Å². The van der Waals surface area contributed by atoms with Crippen molar-refractivity contribution in [2.75, 3.05) is 18.5 Å². The lowest BCUT2D eigenvalue weighted by atomic mass is 10.2. The molecule has 1 aliphatic heterocycles. The molecule has 1 fully saturated rings. The number of benzene rings is 1. The average molecular weight is 345 g/mol. The van der Waals surface area contributed by atoms with Crippen molar-refractivity contribution < 1.29 is 18.7 Å². The first kappa shape index (κ1) is 14.9. The molecule has 2 amide bonds. The van der Waals surface area contributed by atoms with Crippen molar-refractivity contribution in [2.45, 2.75) is 18.9 Å². The molecule has 0 spiro atoms. The summed E-state index contributed by atoms with van der Waals surface area (Å²) < 4.78 is 19.4. The Morgan fingerprint density at radius 1 is 1.40 bits per heavy atom. The molecule has 0 unspecified atom stereocenters. The third-order valence-corrected chi connectivity index (χ3v) is 3.39. The predicted molar refractivity (Wildman–Crippen MR) is 74.7 cm³/mol. The Labute approximate surface area is 124 Å². The number of ether oxygens (including phenoxy) is 1. The minimum absolute atomic E-state index is 0.0448. The van der Waals surface area contributed by atoms with E-state index < -0.39 is 17.6 Å². The highest BCUT2D eigenvalue weighted by molar-refractivity contribution is 9.10. The number of hydrogen-bond acceptors (Lipinski definition) is 3. The average Bonchev–Trinajstić information content (AvgIpc) is 2.93. The second kappa shape index (κ2) is 6.81. The summed E-state index contributed by atoms with van der Waals surface area (Å²) in [5.41, 5.74) is -0.0448. The van der Waals surface area contributed by atoms with Crippen LogP contribution in [0.15, 0.2) is 22.7 Å². The predicted octanol–water partition coefficient (Wildman–Crippen LogP) is 1.82. The van der Waals surface area contributed by atoms with Crippen molar-refractivity contribution in [3.05, 3.63) is 28.5 Å². The summed E-state index contributed by atoms with van der Waals surface area (Å²) in [5, 5.41) is 4.70. The van der Waals surface area contributed by atoms with Crippen LogP contribution >= 0.6 is 15.9 Å². The maximum atomic E-state index is 13.4. The summed E-state index contributed by atoms with van der Waals surface area (Å²) in [4.78, 5) is 23.2. The van der Waals surface area contributed by atoms with Crippen molar-refractivity contribution in [2.24, 2.45) is 0 Å². The molecule has 108 valence electrons. The summed E-state index contributed by atoms with van der Waals surface area (Å²) in [6, 6.07) is 4.09. The van der Waals surface area contributed by atoms with Gasteiger partial charge in [-0.1, -0.05) is 15.9 Å². The van der Waals surface area contributed by atoms with Crippen molar-refractivity contribution in [1.82, 2.24) is 5.32 Å². The number of anilines is 1. The van der Waals surface area contributed by atoms with Gasteiger partial charge in [0.2, 0.25) is 0 Å². The fraction of sp³-hybridized carbons (Fsp3) is 0.385. The molecule has 1 aromatic rings. The maximum Gasteiger partial charge on any atom is 0.313 e. The van der Waals surface area contributed by atoms with Crippen LogP contribution < -0.4 is 10.6 Å². The zero-order valence-electron chi connectivity index (χ0n) is 10.6. The number of hydrogen-bond donors (Lipinski definition) is 2. The summed E-state index contributed by atoms with van der Waals surface area (Å²) in [6.45, 7) is 0.962. The minimum Gasteiger partial charge on any atom is -0.376 e. The third-order valence-electron chi connectivity index (χ3n) is 2.90. The van der Waals surface area contributed by atoms with E-state index in [2.05, 4.69) is 26.6 Å². The van der Waals surface area contributed by atoms with Gasteiger partial charge in [-0.3, -0.25) is 9.59 Å². The summed E-state index contributed by atoms with van der Waals surface area (Å²) in [6.07, 6.45) is 1.77. The Hall–Kier alpha value is -1.47. The van der Waals surface area contributed by atoms with Crippen LogP contribution in [-0.2, 0) is 14.3 Å². The number of carbonyl (C=O) groups is 2. The van der Waals surface area contributed by atoms with Crippen LogP contribution in [0.25, 0.3) is 0 Å². The van der Waals surface area contributed by atoms with E-state index in [0.29, 0.717) is 11.1 Å². The molecule has 0 aliphatic carbocycles. The molecule has 5 nitrogen and oxygen atoms in total. The Morgan fingerprint density at radius 2 is 2.20 bits per heavy atom. The number of carbonyl (C=O) groups excluding carboxylic acids is 2. The first-order chi connectivity index (χ1) is 9.56. The molecular formula is C13H14BrFN2O3. The summed E-state index contributed by atoms with van der Waals surface area (Å²) >= 11 is 3.16. The SMILES string of the molecule is O=C(NC[C@H]1CCCO1)C(=O)Nc1cc(Br)ccc1F. The molecule has 0 saturated carbocycles. The molecule has 2 N–H and O–H groups in total. The topological polar surface area (TPSA) is 67.4 Å². The van der Waals surface area contributed by atoms with Crippen LogP contribution in [0.4, 0.5) is 10.1 Å². The van der Waals surface area contributed by atoms with Crippen molar-refractivity contribution in [3.63, 3.8) is 0 Å². The number of rotatable bonds is 3. The lowest BCUT2D eigenvalue weighted by Gasteiger charge is -2.11. The van der Waals surface area contributed by atoms with Crippen molar-refractivity contribution in [1.29, 1.82) is 0 Å². The molecule has 1 heterocycles. The van der Waals surface area contributed by atoms with E-state index >= 15 is 0 Å². The standard InChI is InChI=1S/C13H14BrFN2O3/c14-8-3-4-10(15)11(6-8)17-13(19)12(18)16-7-9-2-1-5-20-9/h3-4,6,9H,1-2,5,7H2,(H,16,18)(H,17,19)/t9-/m1/s1. The van der Waals surface area contributed by atoms with Gasteiger partial charge >= 0.3 is 11.8 Å². The first-order valence-electron chi connectivity index (χ1n) is 6.22. The molecule has 0 bridgehead atoms.